The van der Waals surface area contributed by atoms with Crippen molar-refractivity contribution in [3.8, 4) is 0 Å². The fourth-order valence-corrected chi connectivity index (χ4v) is 3.27. The van der Waals surface area contributed by atoms with E-state index in [0.717, 1.165) is 25.7 Å². The maximum atomic E-state index is 12.6. The number of esters is 1. The minimum Gasteiger partial charge on any atom is -0.449 e. The fraction of sp³-hybridized carbons (Fsp3) is 0.556. The summed E-state index contributed by atoms with van der Waals surface area (Å²) in [6.45, 7) is 5.77. The number of nitro groups is 1. The lowest BCUT2D eigenvalue weighted by atomic mass is 9.99. The molecular formula is C18H24N2O5. The Morgan fingerprint density at radius 1 is 1.40 bits per heavy atom. The first-order valence-electron chi connectivity index (χ1n) is 8.62. The summed E-state index contributed by atoms with van der Waals surface area (Å²) in [5.74, 6) is -0.921. The van der Waals surface area contributed by atoms with Crippen LogP contribution >= 0.6 is 0 Å². The molecule has 2 atom stereocenters. The maximum Gasteiger partial charge on any atom is 0.339 e. The number of nitrogens with zero attached hydrogens (tertiary/aromatic N) is 2. The largest absolute Gasteiger partial charge is 0.449 e. The number of ether oxygens (including phenoxy) is 1. The Morgan fingerprint density at radius 3 is 2.76 bits per heavy atom. The van der Waals surface area contributed by atoms with E-state index < -0.39 is 17.0 Å². The molecule has 0 spiro atoms. The monoisotopic (exact) mass is 348 g/mol. The molecule has 0 saturated carbocycles. The topological polar surface area (TPSA) is 89.8 Å². The minimum atomic E-state index is -0.918. The number of nitro benzene ring substituents is 1. The van der Waals surface area contributed by atoms with E-state index in [1.165, 1.54) is 25.1 Å². The van der Waals surface area contributed by atoms with Crippen LogP contribution in [-0.4, -0.2) is 40.4 Å². The SMILES string of the molecule is CCC1CCCCN1C(=O)C(C)OC(=O)c1cccc([N+](=O)[O-])c1C. The van der Waals surface area contributed by atoms with E-state index in [2.05, 4.69) is 0 Å². The number of hydrogen-bond donors (Lipinski definition) is 0. The van der Waals surface area contributed by atoms with Gasteiger partial charge in [0, 0.05) is 24.2 Å². The van der Waals surface area contributed by atoms with Crippen molar-refractivity contribution < 1.29 is 19.2 Å². The number of likely N-dealkylation sites (tertiary alicyclic amines) is 1. The third kappa shape index (κ3) is 4.15. The van der Waals surface area contributed by atoms with E-state index in [-0.39, 0.29) is 28.8 Å². The Hall–Kier alpha value is -2.44. The fourth-order valence-electron chi connectivity index (χ4n) is 3.27. The molecule has 1 aromatic carbocycles. The molecule has 0 aromatic heterocycles. The van der Waals surface area contributed by atoms with Crippen LogP contribution in [0.5, 0.6) is 0 Å². The first-order chi connectivity index (χ1) is 11.9. The van der Waals surface area contributed by atoms with E-state index in [0.29, 0.717) is 6.54 Å². The first-order valence-corrected chi connectivity index (χ1v) is 8.62. The zero-order valence-electron chi connectivity index (χ0n) is 14.9. The number of hydrogen-bond acceptors (Lipinski definition) is 5. The summed E-state index contributed by atoms with van der Waals surface area (Å²) in [5, 5.41) is 11.0. The van der Waals surface area contributed by atoms with Crippen molar-refractivity contribution in [2.24, 2.45) is 0 Å². The third-order valence-electron chi connectivity index (χ3n) is 4.73. The Balaban J connectivity index is 2.11. The summed E-state index contributed by atoms with van der Waals surface area (Å²) >= 11 is 0. The van der Waals surface area contributed by atoms with Crippen LogP contribution < -0.4 is 0 Å². The lowest BCUT2D eigenvalue weighted by Crippen LogP contribution is -2.48. The minimum absolute atomic E-state index is 0.111. The third-order valence-corrected chi connectivity index (χ3v) is 4.73. The summed E-state index contributed by atoms with van der Waals surface area (Å²) in [4.78, 5) is 37.3. The van der Waals surface area contributed by atoms with Crippen molar-refractivity contribution in [1.29, 1.82) is 0 Å². The molecule has 0 bridgehead atoms. The highest BCUT2D eigenvalue weighted by Gasteiger charge is 2.31. The van der Waals surface area contributed by atoms with Gasteiger partial charge in [-0.3, -0.25) is 14.9 Å². The summed E-state index contributed by atoms with van der Waals surface area (Å²) < 4.78 is 5.31. The van der Waals surface area contributed by atoms with E-state index in [1.54, 1.807) is 11.8 Å². The molecule has 1 heterocycles. The highest BCUT2D eigenvalue weighted by Crippen LogP contribution is 2.23. The maximum absolute atomic E-state index is 12.6. The second-order valence-corrected chi connectivity index (χ2v) is 6.34. The van der Waals surface area contributed by atoms with Crippen molar-refractivity contribution in [3.05, 3.63) is 39.4 Å². The number of piperidine rings is 1. The molecular weight excluding hydrogens is 324 g/mol. The molecule has 0 radical (unpaired) electrons. The average molecular weight is 348 g/mol. The number of carbonyl (C=O) groups excluding carboxylic acids is 2. The Labute approximate surface area is 147 Å². The van der Waals surface area contributed by atoms with Crippen molar-refractivity contribution in [1.82, 2.24) is 4.90 Å². The van der Waals surface area contributed by atoms with Gasteiger partial charge in [-0.05, 0) is 45.6 Å². The van der Waals surface area contributed by atoms with Crippen molar-refractivity contribution in [2.75, 3.05) is 6.54 Å². The second kappa shape index (κ2) is 8.09. The smallest absolute Gasteiger partial charge is 0.339 e. The summed E-state index contributed by atoms with van der Waals surface area (Å²) in [7, 11) is 0. The summed E-state index contributed by atoms with van der Waals surface area (Å²) in [6, 6.07) is 4.42. The van der Waals surface area contributed by atoms with Gasteiger partial charge in [-0.15, -0.1) is 0 Å². The number of rotatable bonds is 5. The molecule has 7 heteroatoms. The standard InChI is InChI=1S/C18H24N2O5/c1-4-14-8-5-6-11-19(14)17(21)13(3)25-18(22)15-9-7-10-16(12(15)2)20(23)24/h7,9-10,13-14H,4-6,8,11H2,1-3H3. The normalized spacial score (nSPS) is 18.5. The Morgan fingerprint density at radius 2 is 2.12 bits per heavy atom. The average Bonchev–Trinajstić information content (AvgIpc) is 2.60. The molecule has 1 fully saturated rings. The predicted molar refractivity (Wildman–Crippen MR) is 92.4 cm³/mol. The van der Waals surface area contributed by atoms with Gasteiger partial charge in [0.2, 0.25) is 0 Å². The highest BCUT2D eigenvalue weighted by atomic mass is 16.6. The van der Waals surface area contributed by atoms with Crippen molar-refractivity contribution in [3.63, 3.8) is 0 Å². The van der Waals surface area contributed by atoms with Crippen LogP contribution in [0.25, 0.3) is 0 Å². The van der Waals surface area contributed by atoms with Gasteiger partial charge in [-0.2, -0.15) is 0 Å². The number of benzene rings is 1. The molecule has 2 rings (SSSR count). The molecule has 1 saturated heterocycles. The van der Waals surface area contributed by atoms with Gasteiger partial charge in [0.25, 0.3) is 11.6 Å². The molecule has 2 unspecified atom stereocenters. The van der Waals surface area contributed by atoms with Gasteiger partial charge in [-0.25, -0.2) is 4.79 Å². The summed E-state index contributed by atoms with van der Waals surface area (Å²) in [5.41, 5.74) is 0.205. The van der Waals surface area contributed by atoms with Crippen LogP contribution in [0.4, 0.5) is 5.69 Å². The first kappa shape index (κ1) is 18.9. The van der Waals surface area contributed by atoms with Gasteiger partial charge < -0.3 is 9.64 Å². The van der Waals surface area contributed by atoms with Crippen LogP contribution in [0.3, 0.4) is 0 Å². The van der Waals surface area contributed by atoms with Gasteiger partial charge in [0.1, 0.15) is 0 Å². The molecule has 0 N–H and O–H groups in total. The quantitative estimate of drug-likeness (QED) is 0.463. The predicted octanol–water partition coefficient (Wildman–Crippen LogP) is 3.24. The van der Waals surface area contributed by atoms with E-state index in [1.807, 2.05) is 6.92 Å². The molecule has 1 aromatic rings. The van der Waals surface area contributed by atoms with E-state index in [9.17, 15) is 19.7 Å². The van der Waals surface area contributed by atoms with Gasteiger partial charge in [0.15, 0.2) is 6.10 Å². The molecule has 1 amide bonds. The van der Waals surface area contributed by atoms with Crippen LogP contribution in [0.1, 0.15) is 55.5 Å². The molecule has 1 aliphatic rings. The van der Waals surface area contributed by atoms with Gasteiger partial charge in [0.05, 0.1) is 10.5 Å². The van der Waals surface area contributed by atoms with Gasteiger partial charge >= 0.3 is 5.97 Å². The zero-order chi connectivity index (χ0) is 18.6. The Kier molecular flexibility index (Phi) is 6.12. The van der Waals surface area contributed by atoms with Crippen LogP contribution in [0.2, 0.25) is 0 Å². The van der Waals surface area contributed by atoms with Crippen molar-refractivity contribution >= 4 is 17.6 Å². The zero-order valence-corrected chi connectivity index (χ0v) is 14.9. The van der Waals surface area contributed by atoms with Crippen LogP contribution in [0.15, 0.2) is 18.2 Å². The van der Waals surface area contributed by atoms with Crippen LogP contribution in [-0.2, 0) is 9.53 Å². The second-order valence-electron chi connectivity index (χ2n) is 6.34. The van der Waals surface area contributed by atoms with Crippen LogP contribution in [0, 0.1) is 17.0 Å². The molecule has 25 heavy (non-hydrogen) atoms. The highest BCUT2D eigenvalue weighted by molar-refractivity contribution is 5.94. The Bertz CT molecular complexity index is 673. The molecule has 136 valence electrons. The lowest BCUT2D eigenvalue weighted by molar-refractivity contribution is -0.385. The number of amides is 1. The molecule has 7 nitrogen and oxygen atoms in total. The molecule has 0 aliphatic carbocycles. The van der Waals surface area contributed by atoms with E-state index >= 15 is 0 Å². The van der Waals surface area contributed by atoms with Gasteiger partial charge in [-0.1, -0.05) is 13.0 Å². The number of carbonyl (C=O) groups is 2. The van der Waals surface area contributed by atoms with E-state index in [4.69, 9.17) is 4.74 Å². The molecule has 1 aliphatic heterocycles. The van der Waals surface area contributed by atoms with Crippen molar-refractivity contribution in [2.45, 2.75) is 58.6 Å². The summed E-state index contributed by atoms with van der Waals surface area (Å²) in [6.07, 6.45) is 2.97. The lowest BCUT2D eigenvalue weighted by Gasteiger charge is -2.36.